The van der Waals surface area contributed by atoms with E-state index >= 15 is 0 Å². The van der Waals surface area contributed by atoms with Crippen LogP contribution in [0.4, 0.5) is 15.8 Å². The molecule has 4 N–H and O–H groups in total. The summed E-state index contributed by atoms with van der Waals surface area (Å²) in [7, 11) is 0. The van der Waals surface area contributed by atoms with Crippen molar-refractivity contribution in [2.24, 2.45) is 5.92 Å². The van der Waals surface area contributed by atoms with Crippen LogP contribution in [0, 0.1) is 11.7 Å². The van der Waals surface area contributed by atoms with Crippen LogP contribution in [-0.4, -0.2) is 17.1 Å². The quantitative estimate of drug-likeness (QED) is 0.735. The molecule has 1 aliphatic carbocycles. The minimum absolute atomic E-state index is 0.0483. The Balaban J connectivity index is 2.15. The summed E-state index contributed by atoms with van der Waals surface area (Å²) in [5.41, 5.74) is 5.61. The molecule has 19 heavy (non-hydrogen) atoms. The number of nitrogens with two attached hydrogens (primary N) is 1. The van der Waals surface area contributed by atoms with Crippen LogP contribution in [0.1, 0.15) is 43.0 Å². The number of carboxylic acids is 1. The third-order valence-corrected chi connectivity index (χ3v) is 3.75. The van der Waals surface area contributed by atoms with Gasteiger partial charge in [-0.05, 0) is 43.7 Å². The summed E-state index contributed by atoms with van der Waals surface area (Å²) in [5.74, 6) is -0.928. The third kappa shape index (κ3) is 3.16. The molecule has 1 fully saturated rings. The van der Waals surface area contributed by atoms with Crippen molar-refractivity contribution in [2.75, 3.05) is 11.1 Å². The number of carbonyl (C=O) groups is 1. The van der Waals surface area contributed by atoms with Crippen LogP contribution in [-0.2, 0) is 0 Å². The number of nitrogens with one attached hydrogen (secondary N) is 1. The van der Waals surface area contributed by atoms with Crippen LogP contribution in [0.3, 0.4) is 0 Å². The maximum Gasteiger partial charge on any atom is 0.337 e. The number of aromatic carboxylic acids is 1. The normalized spacial score (nSPS) is 23.1. The van der Waals surface area contributed by atoms with Crippen molar-refractivity contribution >= 4 is 17.3 Å². The fourth-order valence-electron chi connectivity index (χ4n) is 2.51. The average Bonchev–Trinajstić information content (AvgIpc) is 2.34. The second kappa shape index (κ2) is 5.47. The van der Waals surface area contributed by atoms with Crippen molar-refractivity contribution < 1.29 is 14.3 Å². The van der Waals surface area contributed by atoms with Gasteiger partial charge in [0.25, 0.3) is 0 Å². The van der Waals surface area contributed by atoms with E-state index in [-0.39, 0.29) is 23.0 Å². The molecule has 1 aliphatic rings. The van der Waals surface area contributed by atoms with Gasteiger partial charge in [-0.1, -0.05) is 6.92 Å². The number of rotatable bonds is 3. The largest absolute Gasteiger partial charge is 0.478 e. The van der Waals surface area contributed by atoms with Gasteiger partial charge >= 0.3 is 5.97 Å². The summed E-state index contributed by atoms with van der Waals surface area (Å²) < 4.78 is 13.8. The maximum absolute atomic E-state index is 13.8. The van der Waals surface area contributed by atoms with E-state index in [0.717, 1.165) is 31.7 Å². The van der Waals surface area contributed by atoms with Crippen LogP contribution in [0.2, 0.25) is 0 Å². The van der Waals surface area contributed by atoms with Gasteiger partial charge in [0.05, 0.1) is 11.3 Å². The Bertz CT molecular complexity index is 483. The van der Waals surface area contributed by atoms with Crippen LogP contribution in [0.15, 0.2) is 12.1 Å². The smallest absolute Gasteiger partial charge is 0.337 e. The Kier molecular flexibility index (Phi) is 3.93. The van der Waals surface area contributed by atoms with Crippen molar-refractivity contribution in [1.29, 1.82) is 0 Å². The first kappa shape index (κ1) is 13.6. The van der Waals surface area contributed by atoms with Crippen LogP contribution in [0.25, 0.3) is 0 Å². The van der Waals surface area contributed by atoms with Gasteiger partial charge < -0.3 is 16.2 Å². The highest BCUT2D eigenvalue weighted by molar-refractivity contribution is 5.94. The molecule has 4 nitrogen and oxygen atoms in total. The van der Waals surface area contributed by atoms with E-state index in [1.165, 1.54) is 6.07 Å². The molecule has 1 saturated carbocycles. The monoisotopic (exact) mass is 266 g/mol. The lowest BCUT2D eigenvalue weighted by molar-refractivity contribution is 0.0698. The zero-order chi connectivity index (χ0) is 14.0. The van der Waals surface area contributed by atoms with E-state index < -0.39 is 11.8 Å². The predicted octanol–water partition coefficient (Wildman–Crippen LogP) is 3.10. The maximum atomic E-state index is 13.8. The first-order valence-electron chi connectivity index (χ1n) is 6.56. The number of anilines is 2. The highest BCUT2D eigenvalue weighted by Gasteiger charge is 2.20. The summed E-state index contributed by atoms with van der Waals surface area (Å²) >= 11 is 0. The molecule has 0 heterocycles. The number of hydrogen-bond acceptors (Lipinski definition) is 3. The van der Waals surface area contributed by atoms with Gasteiger partial charge in [-0.15, -0.1) is 0 Å². The summed E-state index contributed by atoms with van der Waals surface area (Å²) in [6.07, 6.45) is 4.18. The molecule has 0 bridgehead atoms. The SMILES string of the molecule is CC1CCC(Nc2cc(C(=O)O)c(N)cc2F)CC1. The van der Waals surface area contributed by atoms with E-state index in [4.69, 9.17) is 10.8 Å². The number of halogens is 1. The standard InChI is InChI=1S/C14H19FN2O2/c1-8-2-4-9(5-3-8)17-13-6-10(14(18)19)12(16)7-11(13)15/h6-9,17H,2-5,16H2,1H3,(H,18,19). The fraction of sp³-hybridized carbons (Fsp3) is 0.500. The molecule has 0 amide bonds. The van der Waals surface area contributed by atoms with E-state index in [1.807, 2.05) is 0 Å². The van der Waals surface area contributed by atoms with Crippen molar-refractivity contribution in [2.45, 2.75) is 38.6 Å². The van der Waals surface area contributed by atoms with E-state index in [1.54, 1.807) is 0 Å². The molecule has 0 aromatic heterocycles. The molecule has 1 aromatic carbocycles. The Hall–Kier alpha value is -1.78. The number of hydrogen-bond donors (Lipinski definition) is 3. The fourth-order valence-corrected chi connectivity index (χ4v) is 2.51. The summed E-state index contributed by atoms with van der Waals surface area (Å²) in [6.45, 7) is 2.21. The molecule has 5 heteroatoms. The summed E-state index contributed by atoms with van der Waals surface area (Å²) in [6, 6.07) is 2.55. The molecule has 0 saturated heterocycles. The molecular formula is C14H19FN2O2. The summed E-state index contributed by atoms with van der Waals surface area (Å²) in [5, 5.41) is 12.1. The van der Waals surface area contributed by atoms with E-state index in [9.17, 15) is 9.18 Å². The third-order valence-electron chi connectivity index (χ3n) is 3.75. The minimum Gasteiger partial charge on any atom is -0.478 e. The Labute approximate surface area is 111 Å². The highest BCUT2D eigenvalue weighted by atomic mass is 19.1. The van der Waals surface area contributed by atoms with Gasteiger partial charge in [0, 0.05) is 11.7 Å². The molecule has 2 rings (SSSR count). The van der Waals surface area contributed by atoms with Gasteiger partial charge in [-0.2, -0.15) is 0 Å². The first-order valence-corrected chi connectivity index (χ1v) is 6.56. The molecule has 0 atom stereocenters. The topological polar surface area (TPSA) is 75.3 Å². The highest BCUT2D eigenvalue weighted by Crippen LogP contribution is 2.28. The predicted molar refractivity (Wildman–Crippen MR) is 72.8 cm³/mol. The second-order valence-electron chi connectivity index (χ2n) is 5.33. The van der Waals surface area contributed by atoms with E-state index in [2.05, 4.69) is 12.2 Å². The second-order valence-corrected chi connectivity index (χ2v) is 5.33. The van der Waals surface area contributed by atoms with Crippen LogP contribution < -0.4 is 11.1 Å². The molecular weight excluding hydrogens is 247 g/mol. The Morgan fingerprint density at radius 3 is 2.58 bits per heavy atom. The van der Waals surface area contributed by atoms with Gasteiger partial charge in [-0.25, -0.2) is 9.18 Å². The van der Waals surface area contributed by atoms with Crippen LogP contribution >= 0.6 is 0 Å². The van der Waals surface area contributed by atoms with Crippen molar-refractivity contribution in [3.63, 3.8) is 0 Å². The van der Waals surface area contributed by atoms with Crippen molar-refractivity contribution in [3.05, 3.63) is 23.5 Å². The Morgan fingerprint density at radius 1 is 1.37 bits per heavy atom. The lowest BCUT2D eigenvalue weighted by atomic mass is 9.87. The molecule has 104 valence electrons. The van der Waals surface area contributed by atoms with Gasteiger partial charge in [-0.3, -0.25) is 0 Å². The molecule has 0 spiro atoms. The Morgan fingerprint density at radius 2 is 2.00 bits per heavy atom. The lowest BCUT2D eigenvalue weighted by Gasteiger charge is -2.28. The zero-order valence-corrected chi connectivity index (χ0v) is 10.9. The minimum atomic E-state index is -1.14. The van der Waals surface area contributed by atoms with Gasteiger partial charge in [0.15, 0.2) is 0 Å². The summed E-state index contributed by atoms with van der Waals surface area (Å²) in [4.78, 5) is 11.0. The molecule has 0 unspecified atom stereocenters. The number of nitrogen functional groups attached to an aromatic ring is 1. The zero-order valence-electron chi connectivity index (χ0n) is 10.9. The number of benzene rings is 1. The lowest BCUT2D eigenvalue weighted by Crippen LogP contribution is -2.25. The van der Waals surface area contributed by atoms with E-state index in [0.29, 0.717) is 5.92 Å². The first-order chi connectivity index (χ1) is 8.97. The van der Waals surface area contributed by atoms with Crippen molar-refractivity contribution in [1.82, 2.24) is 0 Å². The van der Waals surface area contributed by atoms with Gasteiger partial charge in [0.1, 0.15) is 5.82 Å². The van der Waals surface area contributed by atoms with Crippen molar-refractivity contribution in [3.8, 4) is 0 Å². The molecule has 0 radical (unpaired) electrons. The van der Waals surface area contributed by atoms with Gasteiger partial charge in [0.2, 0.25) is 0 Å². The average molecular weight is 266 g/mol. The van der Waals surface area contributed by atoms with Crippen LogP contribution in [0.5, 0.6) is 0 Å². The molecule has 1 aromatic rings. The molecule has 0 aliphatic heterocycles. The number of carboxylic acid groups (broad SMARTS) is 1.